The van der Waals surface area contributed by atoms with Crippen LogP contribution in [-0.2, 0) is 13.6 Å². The van der Waals surface area contributed by atoms with Crippen LogP contribution >= 0.6 is 11.8 Å². The summed E-state index contributed by atoms with van der Waals surface area (Å²) in [5.41, 5.74) is 7.03. The van der Waals surface area contributed by atoms with Gasteiger partial charge < -0.3 is 15.2 Å². The highest BCUT2D eigenvalue weighted by molar-refractivity contribution is 7.99. The van der Waals surface area contributed by atoms with Gasteiger partial charge in [0.1, 0.15) is 0 Å². The molecule has 0 radical (unpaired) electrons. The molecule has 16 heavy (non-hydrogen) atoms. The number of rotatable bonds is 2. The van der Waals surface area contributed by atoms with E-state index >= 15 is 0 Å². The zero-order chi connectivity index (χ0) is 11.4. The largest absolute Gasteiger partial charge is 0.370 e. The molecule has 1 aliphatic rings. The quantitative estimate of drug-likeness (QED) is 0.595. The zero-order valence-corrected chi connectivity index (χ0v) is 10.3. The first-order valence-corrected chi connectivity index (χ1v) is 6.50. The van der Waals surface area contributed by atoms with Gasteiger partial charge in [0.25, 0.3) is 0 Å². The molecule has 0 aromatic carbocycles. The lowest BCUT2D eigenvalue weighted by atomic mass is 10.4. The highest BCUT2D eigenvalue weighted by Crippen LogP contribution is 2.09. The van der Waals surface area contributed by atoms with E-state index in [1.165, 1.54) is 0 Å². The molecule has 0 bridgehead atoms. The summed E-state index contributed by atoms with van der Waals surface area (Å²) in [7, 11) is 1.96. The summed E-state index contributed by atoms with van der Waals surface area (Å²) in [5.74, 6) is 2.94. The summed E-state index contributed by atoms with van der Waals surface area (Å²) in [5, 5.41) is 0. The molecule has 0 amide bonds. The van der Waals surface area contributed by atoms with Gasteiger partial charge in [0.05, 0.1) is 24.8 Å². The summed E-state index contributed by atoms with van der Waals surface area (Å²) in [6, 6.07) is 0. The van der Waals surface area contributed by atoms with Crippen molar-refractivity contribution in [3.05, 3.63) is 18.2 Å². The molecule has 1 saturated heterocycles. The third-order valence-corrected chi connectivity index (χ3v) is 3.60. The van der Waals surface area contributed by atoms with Crippen molar-refractivity contribution in [3.63, 3.8) is 0 Å². The van der Waals surface area contributed by atoms with Crippen molar-refractivity contribution in [3.8, 4) is 0 Å². The van der Waals surface area contributed by atoms with E-state index in [0.717, 1.165) is 30.3 Å². The smallest absolute Gasteiger partial charge is 0.191 e. The van der Waals surface area contributed by atoms with Crippen molar-refractivity contribution in [1.82, 2.24) is 14.5 Å². The first-order valence-electron chi connectivity index (χ1n) is 5.35. The molecular weight excluding hydrogens is 222 g/mol. The molecule has 2 N–H and O–H groups in total. The van der Waals surface area contributed by atoms with Crippen molar-refractivity contribution < 1.29 is 0 Å². The number of nitrogens with two attached hydrogens (primary N) is 1. The van der Waals surface area contributed by atoms with Gasteiger partial charge in [-0.05, 0) is 0 Å². The van der Waals surface area contributed by atoms with E-state index in [0.29, 0.717) is 12.5 Å². The molecule has 6 heteroatoms. The molecule has 0 saturated carbocycles. The number of aromatic nitrogens is 2. The molecule has 1 fully saturated rings. The fourth-order valence-electron chi connectivity index (χ4n) is 1.59. The predicted octanol–water partition coefficient (Wildman–Crippen LogP) is 0.284. The Labute approximate surface area is 99.7 Å². The SMILES string of the molecule is Cn1cncc1CN=C(N)N1CCSCC1. The van der Waals surface area contributed by atoms with Crippen molar-refractivity contribution >= 4 is 17.7 Å². The Hall–Kier alpha value is -1.17. The van der Waals surface area contributed by atoms with E-state index in [9.17, 15) is 0 Å². The minimum Gasteiger partial charge on any atom is -0.370 e. The number of guanidine groups is 1. The minimum atomic E-state index is 0.603. The zero-order valence-electron chi connectivity index (χ0n) is 9.46. The highest BCUT2D eigenvalue weighted by Gasteiger charge is 2.11. The predicted molar refractivity (Wildman–Crippen MR) is 67.4 cm³/mol. The molecule has 0 atom stereocenters. The van der Waals surface area contributed by atoms with Crippen LogP contribution in [0, 0.1) is 0 Å². The van der Waals surface area contributed by atoms with Gasteiger partial charge in [-0.25, -0.2) is 9.98 Å². The van der Waals surface area contributed by atoms with Crippen LogP contribution in [0.2, 0.25) is 0 Å². The van der Waals surface area contributed by atoms with E-state index in [1.807, 2.05) is 29.6 Å². The Morgan fingerprint density at radius 1 is 1.56 bits per heavy atom. The Kier molecular flexibility index (Phi) is 3.71. The van der Waals surface area contributed by atoms with Gasteiger partial charge in [0.15, 0.2) is 5.96 Å². The second kappa shape index (κ2) is 5.25. The summed E-state index contributed by atoms with van der Waals surface area (Å²) in [6.45, 7) is 2.61. The molecular formula is C10H17N5S. The summed E-state index contributed by atoms with van der Waals surface area (Å²) < 4.78 is 1.96. The van der Waals surface area contributed by atoms with Crippen LogP contribution in [-0.4, -0.2) is 45.0 Å². The van der Waals surface area contributed by atoms with Crippen molar-refractivity contribution in [1.29, 1.82) is 0 Å². The molecule has 1 aromatic rings. The monoisotopic (exact) mass is 239 g/mol. The standard InChI is InChI=1S/C10H17N5S/c1-14-8-12-6-9(14)7-13-10(11)15-2-4-16-5-3-15/h6,8H,2-5,7H2,1H3,(H2,11,13). The third-order valence-electron chi connectivity index (χ3n) is 2.65. The van der Waals surface area contributed by atoms with E-state index in [-0.39, 0.29) is 0 Å². The van der Waals surface area contributed by atoms with E-state index < -0.39 is 0 Å². The molecule has 0 aliphatic carbocycles. The van der Waals surface area contributed by atoms with Crippen LogP contribution < -0.4 is 5.73 Å². The second-order valence-electron chi connectivity index (χ2n) is 3.77. The first kappa shape index (κ1) is 11.3. The first-order chi connectivity index (χ1) is 7.77. The fraction of sp³-hybridized carbons (Fsp3) is 0.600. The van der Waals surface area contributed by atoms with Crippen molar-refractivity contribution in [2.75, 3.05) is 24.6 Å². The minimum absolute atomic E-state index is 0.603. The maximum absolute atomic E-state index is 5.95. The number of thioether (sulfide) groups is 1. The van der Waals surface area contributed by atoms with Crippen molar-refractivity contribution in [2.24, 2.45) is 17.8 Å². The van der Waals surface area contributed by atoms with Gasteiger partial charge in [0.2, 0.25) is 0 Å². The summed E-state index contributed by atoms with van der Waals surface area (Å²) >= 11 is 1.97. The molecule has 2 heterocycles. The van der Waals surface area contributed by atoms with Crippen LogP contribution in [0.1, 0.15) is 5.69 Å². The van der Waals surface area contributed by atoms with Crippen LogP contribution in [0.3, 0.4) is 0 Å². The molecule has 1 aliphatic heterocycles. The van der Waals surface area contributed by atoms with Gasteiger partial charge in [0, 0.05) is 31.6 Å². The van der Waals surface area contributed by atoms with Gasteiger partial charge in [-0.15, -0.1) is 0 Å². The van der Waals surface area contributed by atoms with Crippen LogP contribution in [0.4, 0.5) is 0 Å². The topological polar surface area (TPSA) is 59.4 Å². The Morgan fingerprint density at radius 3 is 2.94 bits per heavy atom. The summed E-state index contributed by atoms with van der Waals surface area (Å²) in [6.07, 6.45) is 3.60. The average molecular weight is 239 g/mol. The lowest BCUT2D eigenvalue weighted by Gasteiger charge is -2.27. The number of hydrogen-bond acceptors (Lipinski definition) is 3. The van der Waals surface area contributed by atoms with Gasteiger partial charge in [-0.1, -0.05) is 0 Å². The molecule has 0 spiro atoms. The molecule has 88 valence electrons. The van der Waals surface area contributed by atoms with Gasteiger partial charge in [-0.2, -0.15) is 11.8 Å². The van der Waals surface area contributed by atoms with Gasteiger partial charge >= 0.3 is 0 Å². The number of aliphatic imine (C=N–C) groups is 1. The molecule has 5 nitrogen and oxygen atoms in total. The lowest BCUT2D eigenvalue weighted by molar-refractivity contribution is 0.455. The van der Waals surface area contributed by atoms with E-state index in [1.54, 1.807) is 6.33 Å². The number of aryl methyl sites for hydroxylation is 1. The second-order valence-corrected chi connectivity index (χ2v) is 4.99. The Balaban J connectivity index is 1.93. The number of imidazole rings is 1. The Bertz CT molecular complexity index is 367. The maximum atomic E-state index is 5.95. The molecule has 0 unspecified atom stereocenters. The van der Waals surface area contributed by atoms with Crippen LogP contribution in [0.25, 0.3) is 0 Å². The highest BCUT2D eigenvalue weighted by atomic mass is 32.2. The Morgan fingerprint density at radius 2 is 2.31 bits per heavy atom. The molecule has 2 rings (SSSR count). The number of nitrogens with zero attached hydrogens (tertiary/aromatic N) is 4. The van der Waals surface area contributed by atoms with Crippen LogP contribution in [0.5, 0.6) is 0 Å². The van der Waals surface area contributed by atoms with Crippen LogP contribution in [0.15, 0.2) is 17.5 Å². The van der Waals surface area contributed by atoms with Gasteiger partial charge in [-0.3, -0.25) is 0 Å². The fourth-order valence-corrected chi connectivity index (χ4v) is 2.49. The summed E-state index contributed by atoms with van der Waals surface area (Å²) in [4.78, 5) is 10.6. The number of hydrogen-bond donors (Lipinski definition) is 1. The third kappa shape index (κ3) is 2.69. The van der Waals surface area contributed by atoms with E-state index in [2.05, 4.69) is 14.9 Å². The lowest BCUT2D eigenvalue weighted by Crippen LogP contribution is -2.42. The van der Waals surface area contributed by atoms with E-state index in [4.69, 9.17) is 5.73 Å². The normalized spacial score (nSPS) is 17.8. The maximum Gasteiger partial charge on any atom is 0.191 e. The molecule has 1 aromatic heterocycles. The average Bonchev–Trinajstić information content (AvgIpc) is 2.73. The van der Waals surface area contributed by atoms with Crippen molar-refractivity contribution in [2.45, 2.75) is 6.54 Å².